The molecule has 0 saturated carbocycles. The van der Waals surface area contributed by atoms with Crippen LogP contribution in [0.3, 0.4) is 0 Å². The van der Waals surface area contributed by atoms with Crippen LogP contribution in [0, 0.1) is 0 Å². The SMILES string of the molecule is CCCOc1ccccc1-n1ccc(CBr)n1. The molecule has 0 aliphatic carbocycles. The van der Waals surface area contributed by atoms with Crippen molar-refractivity contribution in [3.8, 4) is 11.4 Å². The van der Waals surface area contributed by atoms with Gasteiger partial charge in [-0.3, -0.25) is 0 Å². The predicted octanol–water partition coefficient (Wildman–Crippen LogP) is 3.56. The van der Waals surface area contributed by atoms with Crippen LogP contribution in [-0.4, -0.2) is 16.4 Å². The molecule has 1 aromatic carbocycles. The number of rotatable bonds is 5. The molecule has 1 aromatic heterocycles. The molecule has 0 saturated heterocycles. The molecule has 0 radical (unpaired) electrons. The Bertz CT molecular complexity index is 482. The van der Waals surface area contributed by atoms with Gasteiger partial charge in [0.05, 0.1) is 12.3 Å². The molecule has 90 valence electrons. The van der Waals surface area contributed by atoms with Crippen LogP contribution in [-0.2, 0) is 5.33 Å². The second kappa shape index (κ2) is 5.87. The molecule has 0 unspecified atom stereocenters. The van der Waals surface area contributed by atoms with Crippen molar-refractivity contribution in [2.24, 2.45) is 0 Å². The van der Waals surface area contributed by atoms with Crippen molar-refractivity contribution in [1.82, 2.24) is 9.78 Å². The van der Waals surface area contributed by atoms with Gasteiger partial charge in [0.25, 0.3) is 0 Å². The van der Waals surface area contributed by atoms with Crippen LogP contribution in [0.25, 0.3) is 5.69 Å². The highest BCUT2D eigenvalue weighted by atomic mass is 79.9. The summed E-state index contributed by atoms with van der Waals surface area (Å²) in [6.07, 6.45) is 2.95. The third-order valence-corrected chi connectivity index (χ3v) is 2.93. The number of aromatic nitrogens is 2. The Hall–Kier alpha value is -1.29. The first kappa shape index (κ1) is 12.2. The normalized spacial score (nSPS) is 10.5. The Labute approximate surface area is 110 Å². The van der Waals surface area contributed by atoms with Crippen LogP contribution in [0.4, 0.5) is 0 Å². The summed E-state index contributed by atoms with van der Waals surface area (Å²) in [5, 5.41) is 5.22. The molecular formula is C13H15BrN2O. The van der Waals surface area contributed by atoms with Gasteiger partial charge in [-0.1, -0.05) is 35.0 Å². The first-order valence-corrected chi connectivity index (χ1v) is 6.80. The maximum atomic E-state index is 5.71. The molecule has 0 bridgehead atoms. The lowest BCUT2D eigenvalue weighted by molar-refractivity contribution is 0.316. The standard InChI is InChI=1S/C13H15BrN2O/c1-2-9-17-13-6-4-3-5-12(13)16-8-7-11(10-14)15-16/h3-8H,2,9-10H2,1H3. The molecule has 1 heterocycles. The van der Waals surface area contributed by atoms with E-state index in [1.807, 2.05) is 41.2 Å². The molecule has 0 aliphatic rings. The zero-order valence-corrected chi connectivity index (χ0v) is 11.4. The molecule has 0 N–H and O–H groups in total. The summed E-state index contributed by atoms with van der Waals surface area (Å²) >= 11 is 3.40. The van der Waals surface area contributed by atoms with Gasteiger partial charge < -0.3 is 4.74 Å². The van der Waals surface area contributed by atoms with Crippen molar-refractivity contribution in [2.75, 3.05) is 6.61 Å². The molecule has 0 aliphatic heterocycles. The smallest absolute Gasteiger partial charge is 0.144 e. The summed E-state index contributed by atoms with van der Waals surface area (Å²) in [5.41, 5.74) is 1.99. The van der Waals surface area contributed by atoms with Crippen LogP contribution in [0.5, 0.6) is 5.75 Å². The van der Waals surface area contributed by atoms with E-state index in [1.165, 1.54) is 0 Å². The Morgan fingerprint density at radius 2 is 2.12 bits per heavy atom. The van der Waals surface area contributed by atoms with Gasteiger partial charge in [-0.2, -0.15) is 5.10 Å². The number of halogens is 1. The van der Waals surface area contributed by atoms with E-state index in [2.05, 4.69) is 28.0 Å². The summed E-state index contributed by atoms with van der Waals surface area (Å²) in [6, 6.07) is 9.94. The first-order valence-electron chi connectivity index (χ1n) is 5.68. The van der Waals surface area contributed by atoms with Crippen molar-refractivity contribution in [3.05, 3.63) is 42.2 Å². The van der Waals surface area contributed by atoms with Gasteiger partial charge in [-0.05, 0) is 24.6 Å². The third kappa shape index (κ3) is 2.88. The summed E-state index contributed by atoms with van der Waals surface area (Å²) in [6.45, 7) is 2.82. The van der Waals surface area contributed by atoms with E-state index in [0.29, 0.717) is 0 Å². The summed E-state index contributed by atoms with van der Waals surface area (Å²) in [7, 11) is 0. The number of alkyl halides is 1. The van der Waals surface area contributed by atoms with Gasteiger partial charge in [-0.25, -0.2) is 4.68 Å². The van der Waals surface area contributed by atoms with E-state index in [4.69, 9.17) is 4.74 Å². The van der Waals surface area contributed by atoms with E-state index >= 15 is 0 Å². The summed E-state index contributed by atoms with van der Waals surface area (Å²) in [4.78, 5) is 0. The zero-order chi connectivity index (χ0) is 12.1. The maximum Gasteiger partial charge on any atom is 0.144 e. The molecule has 0 amide bonds. The van der Waals surface area contributed by atoms with Crippen LogP contribution in [0.2, 0.25) is 0 Å². The average Bonchev–Trinajstić information content (AvgIpc) is 2.85. The van der Waals surface area contributed by atoms with Crippen LogP contribution in [0.1, 0.15) is 19.0 Å². The molecule has 0 atom stereocenters. The molecule has 2 rings (SSSR count). The average molecular weight is 295 g/mol. The third-order valence-electron chi connectivity index (χ3n) is 2.35. The van der Waals surface area contributed by atoms with E-state index in [-0.39, 0.29) is 0 Å². The molecule has 3 nitrogen and oxygen atoms in total. The fourth-order valence-electron chi connectivity index (χ4n) is 1.55. The second-order valence-corrected chi connectivity index (χ2v) is 4.26. The van der Waals surface area contributed by atoms with Crippen molar-refractivity contribution in [1.29, 1.82) is 0 Å². The largest absolute Gasteiger partial charge is 0.491 e. The lowest BCUT2D eigenvalue weighted by Gasteiger charge is -2.10. The van der Waals surface area contributed by atoms with Gasteiger partial charge in [-0.15, -0.1) is 0 Å². The monoisotopic (exact) mass is 294 g/mol. The van der Waals surface area contributed by atoms with Gasteiger partial charge in [0.15, 0.2) is 0 Å². The maximum absolute atomic E-state index is 5.71. The predicted molar refractivity (Wildman–Crippen MR) is 72.0 cm³/mol. The van der Waals surface area contributed by atoms with Gasteiger partial charge in [0.1, 0.15) is 11.4 Å². The molecule has 4 heteroatoms. The Kier molecular flexibility index (Phi) is 4.20. The minimum atomic E-state index is 0.726. The van der Waals surface area contributed by atoms with Gasteiger partial charge >= 0.3 is 0 Å². The number of nitrogens with zero attached hydrogens (tertiary/aromatic N) is 2. The Morgan fingerprint density at radius 1 is 1.29 bits per heavy atom. The number of benzene rings is 1. The van der Waals surface area contributed by atoms with Crippen molar-refractivity contribution in [3.63, 3.8) is 0 Å². The highest BCUT2D eigenvalue weighted by molar-refractivity contribution is 9.08. The van der Waals surface area contributed by atoms with Crippen molar-refractivity contribution >= 4 is 15.9 Å². The number of hydrogen-bond acceptors (Lipinski definition) is 2. The second-order valence-electron chi connectivity index (χ2n) is 3.70. The van der Waals surface area contributed by atoms with Crippen molar-refractivity contribution < 1.29 is 4.74 Å². The molecule has 17 heavy (non-hydrogen) atoms. The van der Waals surface area contributed by atoms with E-state index < -0.39 is 0 Å². The first-order chi connectivity index (χ1) is 8.35. The van der Waals surface area contributed by atoms with Gasteiger partial charge in [0.2, 0.25) is 0 Å². The Morgan fingerprint density at radius 3 is 2.82 bits per heavy atom. The zero-order valence-electron chi connectivity index (χ0n) is 9.77. The van der Waals surface area contributed by atoms with Crippen molar-refractivity contribution in [2.45, 2.75) is 18.7 Å². The number of hydrogen-bond donors (Lipinski definition) is 0. The molecule has 0 spiro atoms. The van der Waals surface area contributed by atoms with E-state index in [1.54, 1.807) is 0 Å². The summed E-state index contributed by atoms with van der Waals surface area (Å²) in [5.74, 6) is 0.874. The van der Waals surface area contributed by atoms with Crippen LogP contribution >= 0.6 is 15.9 Å². The fraction of sp³-hybridized carbons (Fsp3) is 0.308. The molecular weight excluding hydrogens is 280 g/mol. The highest BCUT2D eigenvalue weighted by Gasteiger charge is 2.06. The minimum absolute atomic E-state index is 0.726. The summed E-state index contributed by atoms with van der Waals surface area (Å²) < 4.78 is 7.56. The minimum Gasteiger partial charge on any atom is -0.491 e. The highest BCUT2D eigenvalue weighted by Crippen LogP contribution is 2.22. The lowest BCUT2D eigenvalue weighted by Crippen LogP contribution is -2.02. The number of para-hydroxylation sites is 2. The van der Waals surface area contributed by atoms with Crippen LogP contribution in [0.15, 0.2) is 36.5 Å². The molecule has 2 aromatic rings. The van der Waals surface area contributed by atoms with E-state index in [9.17, 15) is 0 Å². The molecule has 0 fully saturated rings. The van der Waals surface area contributed by atoms with E-state index in [0.717, 1.165) is 35.5 Å². The lowest BCUT2D eigenvalue weighted by atomic mass is 10.3. The Balaban J connectivity index is 2.30. The fourth-order valence-corrected chi connectivity index (χ4v) is 1.85. The number of ether oxygens (including phenoxy) is 1. The van der Waals surface area contributed by atoms with Gasteiger partial charge in [0, 0.05) is 11.5 Å². The quantitative estimate of drug-likeness (QED) is 0.789. The topological polar surface area (TPSA) is 27.1 Å². The van der Waals surface area contributed by atoms with Crippen LogP contribution < -0.4 is 4.74 Å².